The molecule has 0 bridgehead atoms. The molecule has 20 heavy (non-hydrogen) atoms. The average Bonchev–Trinajstić information content (AvgIpc) is 2.96. The Hall–Kier alpha value is -0.930. The standard InChI is InChI=1S/C17H25FN2/c1-12(2)20-10-14-7-17(8-15(14)11-20)19-9-13-3-5-16(18)6-4-13/h3-6,12,14-15,17,19H,7-11H2,1-2H3. The maximum atomic E-state index is 12.9. The summed E-state index contributed by atoms with van der Waals surface area (Å²) in [6, 6.07) is 8.16. The molecule has 3 heteroatoms. The Balaban J connectivity index is 1.47. The van der Waals surface area contributed by atoms with Crippen molar-refractivity contribution in [3.8, 4) is 0 Å². The van der Waals surface area contributed by atoms with Gasteiger partial charge in [0, 0.05) is 31.7 Å². The summed E-state index contributed by atoms with van der Waals surface area (Å²) >= 11 is 0. The zero-order chi connectivity index (χ0) is 14.1. The van der Waals surface area contributed by atoms with Crippen LogP contribution in [0.4, 0.5) is 4.39 Å². The first kappa shape index (κ1) is 14.0. The molecule has 3 rings (SSSR count). The molecule has 0 spiro atoms. The van der Waals surface area contributed by atoms with Gasteiger partial charge in [0.2, 0.25) is 0 Å². The van der Waals surface area contributed by atoms with E-state index in [1.807, 2.05) is 12.1 Å². The molecular weight excluding hydrogens is 251 g/mol. The highest BCUT2D eigenvalue weighted by molar-refractivity contribution is 5.16. The van der Waals surface area contributed by atoms with E-state index in [-0.39, 0.29) is 5.82 Å². The maximum absolute atomic E-state index is 12.9. The van der Waals surface area contributed by atoms with Gasteiger partial charge >= 0.3 is 0 Å². The number of halogens is 1. The van der Waals surface area contributed by atoms with Crippen molar-refractivity contribution in [1.29, 1.82) is 0 Å². The summed E-state index contributed by atoms with van der Waals surface area (Å²) in [6.45, 7) is 8.00. The molecule has 1 heterocycles. The summed E-state index contributed by atoms with van der Waals surface area (Å²) in [5.74, 6) is 1.60. The molecule has 2 fully saturated rings. The number of rotatable bonds is 4. The molecule has 110 valence electrons. The lowest BCUT2D eigenvalue weighted by Gasteiger charge is -2.23. The van der Waals surface area contributed by atoms with Crippen molar-refractivity contribution in [3.05, 3.63) is 35.6 Å². The molecule has 2 aliphatic rings. The van der Waals surface area contributed by atoms with Crippen molar-refractivity contribution in [1.82, 2.24) is 10.2 Å². The van der Waals surface area contributed by atoms with Crippen molar-refractivity contribution >= 4 is 0 Å². The van der Waals surface area contributed by atoms with Gasteiger partial charge in [0.15, 0.2) is 0 Å². The van der Waals surface area contributed by atoms with E-state index >= 15 is 0 Å². The van der Waals surface area contributed by atoms with Crippen molar-refractivity contribution < 1.29 is 4.39 Å². The van der Waals surface area contributed by atoms with Crippen molar-refractivity contribution in [2.45, 2.75) is 45.3 Å². The van der Waals surface area contributed by atoms with Gasteiger partial charge in [0.1, 0.15) is 5.82 Å². The quantitative estimate of drug-likeness (QED) is 0.909. The maximum Gasteiger partial charge on any atom is 0.123 e. The summed E-state index contributed by atoms with van der Waals surface area (Å²) in [6.07, 6.45) is 2.60. The first-order valence-corrected chi connectivity index (χ1v) is 7.83. The van der Waals surface area contributed by atoms with E-state index in [1.165, 1.54) is 31.5 Å². The molecule has 1 aromatic rings. The average molecular weight is 276 g/mol. The zero-order valence-corrected chi connectivity index (χ0v) is 12.5. The fourth-order valence-corrected chi connectivity index (χ4v) is 3.79. The number of hydrogen-bond donors (Lipinski definition) is 1. The Morgan fingerprint density at radius 3 is 2.30 bits per heavy atom. The van der Waals surface area contributed by atoms with Crippen molar-refractivity contribution in [2.75, 3.05) is 13.1 Å². The van der Waals surface area contributed by atoms with E-state index in [9.17, 15) is 4.39 Å². The molecule has 0 aromatic heterocycles. The highest BCUT2D eigenvalue weighted by atomic mass is 19.1. The second-order valence-corrected chi connectivity index (χ2v) is 6.74. The molecule has 2 atom stereocenters. The van der Waals surface area contributed by atoms with E-state index in [0.717, 1.165) is 18.4 Å². The molecule has 1 aliphatic carbocycles. The normalized spacial score (nSPS) is 30.1. The van der Waals surface area contributed by atoms with Crippen LogP contribution < -0.4 is 5.32 Å². The van der Waals surface area contributed by atoms with Crippen LogP contribution in [0.2, 0.25) is 0 Å². The predicted molar refractivity (Wildman–Crippen MR) is 80.0 cm³/mol. The third kappa shape index (κ3) is 3.04. The van der Waals surface area contributed by atoms with Crippen molar-refractivity contribution in [3.63, 3.8) is 0 Å². The fourth-order valence-electron chi connectivity index (χ4n) is 3.79. The van der Waals surface area contributed by atoms with Crippen LogP contribution in [0.25, 0.3) is 0 Å². The molecule has 1 aliphatic heterocycles. The third-order valence-electron chi connectivity index (χ3n) is 5.02. The largest absolute Gasteiger partial charge is 0.310 e. The molecule has 0 radical (unpaired) electrons. The lowest BCUT2D eigenvalue weighted by Crippen LogP contribution is -2.32. The van der Waals surface area contributed by atoms with Crippen LogP contribution in [0.3, 0.4) is 0 Å². The molecule has 1 aromatic carbocycles. The third-order valence-corrected chi connectivity index (χ3v) is 5.02. The lowest BCUT2D eigenvalue weighted by molar-refractivity contribution is 0.248. The first-order chi connectivity index (χ1) is 9.61. The Bertz CT molecular complexity index is 429. The van der Waals surface area contributed by atoms with Gasteiger partial charge in [-0.1, -0.05) is 12.1 Å². The van der Waals surface area contributed by atoms with Crippen LogP contribution in [-0.2, 0) is 6.54 Å². The number of likely N-dealkylation sites (tertiary alicyclic amines) is 1. The Kier molecular flexibility index (Phi) is 4.08. The van der Waals surface area contributed by atoms with Crippen LogP contribution in [0.5, 0.6) is 0 Å². The minimum absolute atomic E-state index is 0.155. The van der Waals surface area contributed by atoms with E-state index < -0.39 is 0 Å². The van der Waals surface area contributed by atoms with Gasteiger partial charge in [0.25, 0.3) is 0 Å². The summed E-state index contributed by atoms with van der Waals surface area (Å²) in [7, 11) is 0. The molecule has 0 amide bonds. The number of hydrogen-bond acceptors (Lipinski definition) is 2. The fraction of sp³-hybridized carbons (Fsp3) is 0.647. The highest BCUT2D eigenvalue weighted by Crippen LogP contribution is 2.38. The van der Waals surface area contributed by atoms with E-state index in [4.69, 9.17) is 0 Å². The van der Waals surface area contributed by atoms with Crippen LogP contribution in [0, 0.1) is 17.7 Å². The Labute approximate surface area is 121 Å². The minimum Gasteiger partial charge on any atom is -0.310 e. The number of nitrogens with one attached hydrogen (secondary N) is 1. The summed E-state index contributed by atoms with van der Waals surface area (Å²) < 4.78 is 12.9. The summed E-state index contributed by atoms with van der Waals surface area (Å²) in [5, 5.41) is 3.65. The number of benzene rings is 1. The van der Waals surface area contributed by atoms with Crippen molar-refractivity contribution in [2.24, 2.45) is 11.8 Å². The SMILES string of the molecule is CC(C)N1CC2CC(NCc3ccc(F)cc3)CC2C1. The van der Waals surface area contributed by atoms with Crippen LogP contribution in [-0.4, -0.2) is 30.1 Å². The van der Waals surface area contributed by atoms with E-state index in [0.29, 0.717) is 12.1 Å². The number of nitrogens with zero attached hydrogens (tertiary/aromatic N) is 1. The predicted octanol–water partition coefficient (Wildman–Crippen LogP) is 3.03. The van der Waals surface area contributed by atoms with Gasteiger partial charge in [0.05, 0.1) is 0 Å². The van der Waals surface area contributed by atoms with E-state index in [2.05, 4.69) is 24.1 Å². The molecule has 1 saturated carbocycles. The van der Waals surface area contributed by atoms with Gasteiger partial charge < -0.3 is 10.2 Å². The monoisotopic (exact) mass is 276 g/mol. The molecule has 2 unspecified atom stereocenters. The number of fused-ring (bicyclic) bond motifs is 1. The molecule has 1 saturated heterocycles. The smallest absolute Gasteiger partial charge is 0.123 e. The van der Waals surface area contributed by atoms with Crippen LogP contribution in [0.1, 0.15) is 32.3 Å². The van der Waals surface area contributed by atoms with Gasteiger partial charge in [-0.3, -0.25) is 0 Å². The van der Waals surface area contributed by atoms with Crippen LogP contribution in [0.15, 0.2) is 24.3 Å². The lowest BCUT2D eigenvalue weighted by atomic mass is 10.0. The highest BCUT2D eigenvalue weighted by Gasteiger charge is 2.40. The second kappa shape index (κ2) is 5.82. The second-order valence-electron chi connectivity index (χ2n) is 6.74. The first-order valence-electron chi connectivity index (χ1n) is 7.83. The molecular formula is C17H25FN2. The van der Waals surface area contributed by atoms with Gasteiger partial charge in [-0.2, -0.15) is 0 Å². The van der Waals surface area contributed by atoms with Gasteiger partial charge in [-0.05, 0) is 56.2 Å². The summed E-state index contributed by atoms with van der Waals surface area (Å²) in [5.41, 5.74) is 1.17. The summed E-state index contributed by atoms with van der Waals surface area (Å²) in [4.78, 5) is 2.62. The van der Waals surface area contributed by atoms with Crippen LogP contribution >= 0.6 is 0 Å². The topological polar surface area (TPSA) is 15.3 Å². The Morgan fingerprint density at radius 2 is 1.75 bits per heavy atom. The molecule has 2 nitrogen and oxygen atoms in total. The van der Waals surface area contributed by atoms with E-state index in [1.54, 1.807) is 12.1 Å². The Morgan fingerprint density at radius 1 is 1.15 bits per heavy atom. The minimum atomic E-state index is -0.155. The zero-order valence-electron chi connectivity index (χ0n) is 12.5. The molecule has 1 N–H and O–H groups in total. The van der Waals surface area contributed by atoms with Gasteiger partial charge in [-0.15, -0.1) is 0 Å². The van der Waals surface area contributed by atoms with Gasteiger partial charge in [-0.25, -0.2) is 4.39 Å².